The standard InChI is InChI=1S/C13H15NOS/c1-4-11-12(14-13(15)16-11)10-6-5-8(2)7-9(10)3/h5-7H,4H2,1-3H3,(H,14,15). The number of nitrogens with one attached hydrogen (secondary N) is 1. The molecule has 1 heterocycles. The molecule has 0 radical (unpaired) electrons. The highest BCUT2D eigenvalue weighted by molar-refractivity contribution is 7.09. The van der Waals surface area contributed by atoms with Crippen LogP contribution in [0.3, 0.4) is 0 Å². The normalized spacial score (nSPS) is 10.7. The van der Waals surface area contributed by atoms with Gasteiger partial charge in [0.1, 0.15) is 0 Å². The molecule has 0 atom stereocenters. The highest BCUT2D eigenvalue weighted by atomic mass is 32.1. The fourth-order valence-electron chi connectivity index (χ4n) is 1.92. The Labute approximate surface area is 99.0 Å². The van der Waals surface area contributed by atoms with Gasteiger partial charge >= 0.3 is 4.87 Å². The second-order valence-electron chi connectivity index (χ2n) is 3.98. The molecule has 1 aromatic heterocycles. The lowest BCUT2D eigenvalue weighted by atomic mass is 10.0. The zero-order valence-electron chi connectivity index (χ0n) is 9.76. The number of H-pyrrole nitrogens is 1. The van der Waals surface area contributed by atoms with Gasteiger partial charge < -0.3 is 4.98 Å². The summed E-state index contributed by atoms with van der Waals surface area (Å²) in [5.41, 5.74) is 4.59. The quantitative estimate of drug-likeness (QED) is 0.848. The first-order valence-corrected chi connectivity index (χ1v) is 6.23. The molecule has 0 amide bonds. The third-order valence-corrected chi connectivity index (χ3v) is 3.72. The van der Waals surface area contributed by atoms with Gasteiger partial charge in [-0.15, -0.1) is 0 Å². The summed E-state index contributed by atoms with van der Waals surface area (Å²) in [6, 6.07) is 6.31. The molecule has 0 fully saturated rings. The van der Waals surface area contributed by atoms with E-state index in [2.05, 4.69) is 44.0 Å². The second-order valence-corrected chi connectivity index (χ2v) is 5.05. The Hall–Kier alpha value is -1.35. The molecule has 0 unspecified atom stereocenters. The van der Waals surface area contributed by atoms with Crippen LogP contribution in [0.4, 0.5) is 0 Å². The Morgan fingerprint density at radius 3 is 2.69 bits per heavy atom. The summed E-state index contributed by atoms with van der Waals surface area (Å²) < 4.78 is 0. The number of aryl methyl sites for hydroxylation is 3. The van der Waals surface area contributed by atoms with Crippen molar-refractivity contribution in [3.05, 3.63) is 43.9 Å². The van der Waals surface area contributed by atoms with E-state index in [4.69, 9.17) is 0 Å². The van der Waals surface area contributed by atoms with Crippen molar-refractivity contribution in [1.29, 1.82) is 0 Å². The lowest BCUT2D eigenvalue weighted by Gasteiger charge is -2.06. The highest BCUT2D eigenvalue weighted by Gasteiger charge is 2.10. The first-order chi connectivity index (χ1) is 7.61. The topological polar surface area (TPSA) is 32.9 Å². The highest BCUT2D eigenvalue weighted by Crippen LogP contribution is 2.27. The van der Waals surface area contributed by atoms with Crippen molar-refractivity contribution in [2.24, 2.45) is 0 Å². The smallest absolute Gasteiger partial charge is 0.305 e. The molecular weight excluding hydrogens is 218 g/mol. The summed E-state index contributed by atoms with van der Waals surface area (Å²) in [6.07, 6.45) is 0.895. The van der Waals surface area contributed by atoms with Crippen LogP contribution in [0, 0.1) is 13.8 Å². The fourth-order valence-corrected chi connectivity index (χ4v) is 2.71. The number of benzene rings is 1. The van der Waals surface area contributed by atoms with Crippen LogP contribution >= 0.6 is 11.3 Å². The number of hydrogen-bond acceptors (Lipinski definition) is 2. The summed E-state index contributed by atoms with van der Waals surface area (Å²) in [4.78, 5) is 15.5. The Balaban J connectivity index is 2.62. The minimum atomic E-state index is 0.0341. The maximum absolute atomic E-state index is 11.4. The van der Waals surface area contributed by atoms with Crippen LogP contribution in [0.2, 0.25) is 0 Å². The Morgan fingerprint density at radius 1 is 1.31 bits per heavy atom. The van der Waals surface area contributed by atoms with E-state index in [-0.39, 0.29) is 4.87 Å². The molecule has 0 saturated carbocycles. The average Bonchev–Trinajstić information content (AvgIpc) is 2.59. The van der Waals surface area contributed by atoms with Crippen molar-refractivity contribution in [2.75, 3.05) is 0 Å². The van der Waals surface area contributed by atoms with E-state index >= 15 is 0 Å². The van der Waals surface area contributed by atoms with E-state index in [1.807, 2.05) is 0 Å². The van der Waals surface area contributed by atoms with Crippen molar-refractivity contribution in [2.45, 2.75) is 27.2 Å². The second kappa shape index (κ2) is 4.26. The number of hydrogen-bond donors (Lipinski definition) is 1. The van der Waals surface area contributed by atoms with Gasteiger partial charge in [-0.2, -0.15) is 0 Å². The first-order valence-electron chi connectivity index (χ1n) is 5.41. The van der Waals surface area contributed by atoms with Gasteiger partial charge in [-0.05, 0) is 25.8 Å². The molecule has 0 aliphatic heterocycles. The fraction of sp³-hybridized carbons (Fsp3) is 0.308. The summed E-state index contributed by atoms with van der Waals surface area (Å²) in [5, 5.41) is 0. The van der Waals surface area contributed by atoms with Gasteiger partial charge in [-0.25, -0.2) is 0 Å². The van der Waals surface area contributed by atoms with E-state index in [1.54, 1.807) is 0 Å². The zero-order valence-corrected chi connectivity index (χ0v) is 10.6. The number of thiazole rings is 1. The molecule has 1 N–H and O–H groups in total. The van der Waals surface area contributed by atoms with Gasteiger partial charge in [0, 0.05) is 10.4 Å². The molecule has 84 valence electrons. The van der Waals surface area contributed by atoms with Crippen molar-refractivity contribution < 1.29 is 0 Å². The van der Waals surface area contributed by atoms with E-state index in [1.165, 1.54) is 22.5 Å². The molecular formula is C13H15NOS. The molecule has 3 heteroatoms. The molecule has 0 spiro atoms. The van der Waals surface area contributed by atoms with Crippen molar-refractivity contribution in [3.63, 3.8) is 0 Å². The van der Waals surface area contributed by atoms with Crippen molar-refractivity contribution in [1.82, 2.24) is 4.98 Å². The molecule has 1 aromatic carbocycles. The first kappa shape index (κ1) is 11.1. The van der Waals surface area contributed by atoms with Gasteiger partial charge in [0.15, 0.2) is 0 Å². The van der Waals surface area contributed by atoms with Crippen LogP contribution in [0.1, 0.15) is 22.9 Å². The number of aromatic amines is 1. The molecule has 2 nitrogen and oxygen atoms in total. The van der Waals surface area contributed by atoms with Gasteiger partial charge in [0.05, 0.1) is 5.69 Å². The van der Waals surface area contributed by atoms with Crippen LogP contribution in [-0.2, 0) is 6.42 Å². The third-order valence-electron chi connectivity index (χ3n) is 2.69. The lowest BCUT2D eigenvalue weighted by Crippen LogP contribution is -1.94. The Bertz CT molecular complexity index is 566. The maximum atomic E-state index is 11.4. The lowest BCUT2D eigenvalue weighted by molar-refractivity contribution is 1.16. The van der Waals surface area contributed by atoms with Crippen molar-refractivity contribution in [3.8, 4) is 11.3 Å². The predicted octanol–water partition coefficient (Wildman–Crippen LogP) is 3.28. The third kappa shape index (κ3) is 1.95. The minimum absolute atomic E-state index is 0.0341. The van der Waals surface area contributed by atoms with E-state index < -0.39 is 0 Å². The van der Waals surface area contributed by atoms with Gasteiger partial charge in [-0.1, -0.05) is 42.0 Å². The SMILES string of the molecule is CCc1sc(=O)[nH]c1-c1ccc(C)cc1C. The largest absolute Gasteiger partial charge is 0.312 e. The van der Waals surface area contributed by atoms with Gasteiger partial charge in [0.25, 0.3) is 0 Å². The van der Waals surface area contributed by atoms with Crippen LogP contribution in [0.25, 0.3) is 11.3 Å². The molecule has 0 saturated heterocycles. The molecule has 2 aromatic rings. The van der Waals surface area contributed by atoms with Crippen LogP contribution < -0.4 is 4.87 Å². The Morgan fingerprint density at radius 2 is 2.06 bits per heavy atom. The number of rotatable bonds is 2. The van der Waals surface area contributed by atoms with E-state index in [9.17, 15) is 4.79 Å². The van der Waals surface area contributed by atoms with E-state index in [0.717, 1.165) is 22.6 Å². The van der Waals surface area contributed by atoms with Crippen LogP contribution in [0.15, 0.2) is 23.0 Å². The van der Waals surface area contributed by atoms with Gasteiger partial charge in [-0.3, -0.25) is 4.79 Å². The molecule has 0 aliphatic carbocycles. The Kier molecular flexibility index (Phi) is 2.97. The molecule has 2 rings (SSSR count). The predicted molar refractivity (Wildman–Crippen MR) is 69.2 cm³/mol. The maximum Gasteiger partial charge on any atom is 0.305 e. The summed E-state index contributed by atoms with van der Waals surface area (Å²) in [7, 11) is 0. The average molecular weight is 233 g/mol. The van der Waals surface area contributed by atoms with Crippen LogP contribution in [-0.4, -0.2) is 4.98 Å². The van der Waals surface area contributed by atoms with Gasteiger partial charge in [0.2, 0.25) is 0 Å². The summed E-state index contributed by atoms with van der Waals surface area (Å²) in [6.45, 7) is 6.23. The summed E-state index contributed by atoms with van der Waals surface area (Å²) in [5.74, 6) is 0. The summed E-state index contributed by atoms with van der Waals surface area (Å²) >= 11 is 1.31. The molecule has 0 bridgehead atoms. The van der Waals surface area contributed by atoms with Crippen LogP contribution in [0.5, 0.6) is 0 Å². The minimum Gasteiger partial charge on any atom is -0.312 e. The van der Waals surface area contributed by atoms with E-state index in [0.29, 0.717) is 0 Å². The molecule has 0 aliphatic rings. The zero-order chi connectivity index (χ0) is 11.7. The monoisotopic (exact) mass is 233 g/mol. The molecule has 16 heavy (non-hydrogen) atoms. The van der Waals surface area contributed by atoms with Crippen molar-refractivity contribution >= 4 is 11.3 Å². The number of aromatic nitrogens is 1.